The molecule has 0 radical (unpaired) electrons. The molecule has 5 heteroatoms. The molecule has 2 aliphatic rings. The van der Waals surface area contributed by atoms with Crippen molar-refractivity contribution in [2.45, 2.75) is 38.6 Å². The molecule has 0 spiro atoms. The van der Waals surface area contributed by atoms with E-state index in [0.717, 1.165) is 34.9 Å². The fraction of sp³-hybridized carbons (Fsp3) is 0.556. The number of nitrogens with zero attached hydrogens (tertiary/aromatic N) is 2. The summed E-state index contributed by atoms with van der Waals surface area (Å²) in [5.74, 6) is 3.29. The first kappa shape index (κ1) is 15.2. The Balaban J connectivity index is 1.40. The number of hydrogen-bond acceptors (Lipinski definition) is 3. The third-order valence-electron chi connectivity index (χ3n) is 5.46. The quantitative estimate of drug-likeness (QED) is 0.939. The predicted molar refractivity (Wildman–Crippen MR) is 89.2 cm³/mol. The molecule has 0 amide bonds. The van der Waals surface area contributed by atoms with Gasteiger partial charge in [0.15, 0.2) is 6.54 Å². The van der Waals surface area contributed by atoms with E-state index >= 15 is 0 Å². The molecule has 2 aromatic rings. The highest BCUT2D eigenvalue weighted by Crippen LogP contribution is 2.32. The molecular formula is C18H23ClN3O+. The van der Waals surface area contributed by atoms with Crippen molar-refractivity contribution in [1.29, 1.82) is 0 Å². The van der Waals surface area contributed by atoms with E-state index in [1.165, 1.54) is 45.2 Å². The monoisotopic (exact) mass is 332 g/mol. The molecule has 1 saturated heterocycles. The molecular weight excluding hydrogens is 310 g/mol. The van der Waals surface area contributed by atoms with E-state index in [-0.39, 0.29) is 0 Å². The summed E-state index contributed by atoms with van der Waals surface area (Å²) in [5, 5.41) is 4.84. The van der Waals surface area contributed by atoms with Crippen molar-refractivity contribution in [3.05, 3.63) is 35.2 Å². The maximum absolute atomic E-state index is 5.92. The molecule has 1 aliphatic heterocycles. The van der Waals surface area contributed by atoms with Gasteiger partial charge in [-0.05, 0) is 49.4 Å². The Morgan fingerprint density at radius 1 is 1.09 bits per heavy atom. The lowest BCUT2D eigenvalue weighted by Gasteiger charge is -2.38. The molecule has 2 fully saturated rings. The van der Waals surface area contributed by atoms with Crippen LogP contribution < -0.4 is 4.90 Å². The Labute approximate surface area is 141 Å². The van der Waals surface area contributed by atoms with Crippen molar-refractivity contribution in [3.63, 3.8) is 0 Å². The van der Waals surface area contributed by atoms with Crippen LogP contribution in [0.25, 0.3) is 11.4 Å². The van der Waals surface area contributed by atoms with Crippen molar-refractivity contribution >= 4 is 11.6 Å². The Morgan fingerprint density at radius 3 is 2.70 bits per heavy atom. The van der Waals surface area contributed by atoms with Crippen LogP contribution in [0.3, 0.4) is 0 Å². The van der Waals surface area contributed by atoms with Crippen LogP contribution in [0.5, 0.6) is 0 Å². The van der Waals surface area contributed by atoms with Gasteiger partial charge in [0.05, 0.1) is 13.1 Å². The van der Waals surface area contributed by atoms with Crippen molar-refractivity contribution in [1.82, 2.24) is 10.1 Å². The summed E-state index contributed by atoms with van der Waals surface area (Å²) in [6, 6.07) is 7.56. The second-order valence-corrected chi connectivity index (χ2v) is 7.43. The van der Waals surface area contributed by atoms with E-state index in [1.54, 1.807) is 4.90 Å². The zero-order valence-corrected chi connectivity index (χ0v) is 14.1. The minimum atomic E-state index is 0.656. The van der Waals surface area contributed by atoms with Gasteiger partial charge in [0, 0.05) is 16.5 Å². The third kappa shape index (κ3) is 3.43. The number of aromatic nitrogens is 2. The summed E-state index contributed by atoms with van der Waals surface area (Å²) in [6.45, 7) is 3.35. The van der Waals surface area contributed by atoms with E-state index in [0.29, 0.717) is 5.82 Å². The Morgan fingerprint density at radius 2 is 1.87 bits per heavy atom. The zero-order chi connectivity index (χ0) is 15.6. The summed E-state index contributed by atoms with van der Waals surface area (Å²) in [5.41, 5.74) is 0.949. The van der Waals surface area contributed by atoms with Crippen LogP contribution in [-0.2, 0) is 6.54 Å². The van der Waals surface area contributed by atoms with Gasteiger partial charge < -0.3 is 9.42 Å². The van der Waals surface area contributed by atoms with E-state index in [4.69, 9.17) is 16.1 Å². The molecule has 1 saturated carbocycles. The van der Waals surface area contributed by atoms with Gasteiger partial charge in [0.2, 0.25) is 5.82 Å². The molecule has 2 heterocycles. The van der Waals surface area contributed by atoms with E-state index in [9.17, 15) is 0 Å². The largest absolute Gasteiger partial charge is 0.333 e. The lowest BCUT2D eigenvalue weighted by Crippen LogP contribution is -3.12. The number of likely N-dealkylation sites (tertiary alicyclic amines) is 1. The lowest BCUT2D eigenvalue weighted by molar-refractivity contribution is -0.925. The number of nitrogens with one attached hydrogen (secondary N) is 1. The molecule has 1 aliphatic carbocycles. The van der Waals surface area contributed by atoms with E-state index in [2.05, 4.69) is 10.1 Å². The average Bonchev–Trinajstić information content (AvgIpc) is 3.04. The number of piperidine rings is 1. The first-order chi connectivity index (χ1) is 11.3. The fourth-order valence-corrected chi connectivity index (χ4v) is 4.34. The van der Waals surface area contributed by atoms with E-state index in [1.807, 2.05) is 24.3 Å². The molecule has 122 valence electrons. The second kappa shape index (κ2) is 6.62. The molecule has 3 atom stereocenters. The van der Waals surface area contributed by atoms with Crippen molar-refractivity contribution in [2.75, 3.05) is 13.1 Å². The normalized spacial score (nSPS) is 27.6. The van der Waals surface area contributed by atoms with Crippen LogP contribution in [0.4, 0.5) is 0 Å². The Bertz CT molecular complexity index is 655. The lowest BCUT2D eigenvalue weighted by atomic mass is 9.75. The smallest absolute Gasteiger partial charge is 0.282 e. The van der Waals surface area contributed by atoms with Gasteiger partial charge in [0.1, 0.15) is 0 Å². The second-order valence-electron chi connectivity index (χ2n) is 6.99. The van der Waals surface area contributed by atoms with Gasteiger partial charge in [-0.2, -0.15) is 4.98 Å². The molecule has 1 unspecified atom stereocenters. The molecule has 1 aromatic heterocycles. The van der Waals surface area contributed by atoms with Gasteiger partial charge in [-0.1, -0.05) is 29.6 Å². The van der Waals surface area contributed by atoms with Gasteiger partial charge in [0.25, 0.3) is 5.89 Å². The highest BCUT2D eigenvalue weighted by Gasteiger charge is 2.34. The number of quaternary nitrogens is 1. The molecule has 4 rings (SSSR count). The molecule has 23 heavy (non-hydrogen) atoms. The summed E-state index contributed by atoms with van der Waals surface area (Å²) < 4.78 is 5.47. The van der Waals surface area contributed by atoms with Crippen LogP contribution in [0.15, 0.2) is 28.8 Å². The minimum Gasteiger partial charge on any atom is -0.333 e. The number of fused-ring (bicyclic) bond motifs is 1. The van der Waals surface area contributed by atoms with Crippen LogP contribution in [-0.4, -0.2) is 23.2 Å². The van der Waals surface area contributed by atoms with Crippen LogP contribution in [0.1, 0.15) is 38.0 Å². The third-order valence-corrected chi connectivity index (χ3v) is 5.71. The molecule has 1 N–H and O–H groups in total. The minimum absolute atomic E-state index is 0.656. The van der Waals surface area contributed by atoms with Crippen molar-refractivity contribution in [3.8, 4) is 11.4 Å². The van der Waals surface area contributed by atoms with Gasteiger partial charge in [-0.25, -0.2) is 0 Å². The van der Waals surface area contributed by atoms with Crippen LogP contribution in [0.2, 0.25) is 5.02 Å². The maximum atomic E-state index is 5.92. The average molecular weight is 333 g/mol. The highest BCUT2D eigenvalue weighted by molar-refractivity contribution is 6.30. The first-order valence-corrected chi connectivity index (χ1v) is 9.08. The standard InChI is InChI=1S/C18H22ClN3O/c19-16-7-5-14(6-8-16)18-20-17(23-21-18)12-22-10-9-13-3-1-2-4-15(13)11-22/h5-8,13,15H,1-4,9-12H2/p+1/t13-,15+/m0/s1. The maximum Gasteiger partial charge on any atom is 0.282 e. The first-order valence-electron chi connectivity index (χ1n) is 8.70. The summed E-state index contributed by atoms with van der Waals surface area (Å²) in [4.78, 5) is 6.16. The molecule has 4 nitrogen and oxygen atoms in total. The van der Waals surface area contributed by atoms with Crippen molar-refractivity contribution < 1.29 is 9.42 Å². The fourth-order valence-electron chi connectivity index (χ4n) is 4.21. The summed E-state index contributed by atoms with van der Waals surface area (Å²) in [7, 11) is 0. The summed E-state index contributed by atoms with van der Waals surface area (Å²) >= 11 is 5.92. The molecule has 0 bridgehead atoms. The van der Waals surface area contributed by atoms with Crippen molar-refractivity contribution in [2.24, 2.45) is 11.8 Å². The SMILES string of the molecule is Clc1ccc(-c2noc(C[NH+]3CC[C@@H]4CCCC[C@@H]4C3)n2)cc1. The number of rotatable bonds is 3. The summed E-state index contributed by atoms with van der Waals surface area (Å²) in [6.07, 6.45) is 7.06. The van der Waals surface area contributed by atoms with Gasteiger partial charge in [-0.15, -0.1) is 0 Å². The number of hydrogen-bond donors (Lipinski definition) is 1. The van der Waals surface area contributed by atoms with Gasteiger partial charge in [-0.3, -0.25) is 0 Å². The number of halogens is 1. The Kier molecular flexibility index (Phi) is 4.36. The highest BCUT2D eigenvalue weighted by atomic mass is 35.5. The molecule has 1 aromatic carbocycles. The Hall–Kier alpha value is -1.39. The zero-order valence-electron chi connectivity index (χ0n) is 13.3. The van der Waals surface area contributed by atoms with Crippen LogP contribution in [0, 0.1) is 11.8 Å². The van der Waals surface area contributed by atoms with Crippen LogP contribution >= 0.6 is 11.6 Å². The number of benzene rings is 1. The topological polar surface area (TPSA) is 43.4 Å². The predicted octanol–water partition coefficient (Wildman–Crippen LogP) is 2.99. The van der Waals surface area contributed by atoms with Gasteiger partial charge >= 0.3 is 0 Å². The van der Waals surface area contributed by atoms with E-state index < -0.39 is 0 Å².